The van der Waals surface area contributed by atoms with Crippen LogP contribution in [0.5, 0.6) is 5.75 Å². The van der Waals surface area contributed by atoms with Gasteiger partial charge in [0.15, 0.2) is 5.11 Å². The van der Waals surface area contributed by atoms with Gasteiger partial charge in [-0.05, 0) is 67.9 Å². The molecular formula is C20H23N3O2S. The van der Waals surface area contributed by atoms with E-state index in [2.05, 4.69) is 10.6 Å². The molecule has 5 nitrogen and oxygen atoms in total. The molecule has 0 aromatic heterocycles. The molecule has 0 radical (unpaired) electrons. The third kappa shape index (κ3) is 4.32. The zero-order chi connectivity index (χ0) is 18.5. The number of carbonyl (C=O) groups excluding carboxylic acids is 1. The van der Waals surface area contributed by atoms with Gasteiger partial charge in [-0.2, -0.15) is 0 Å². The van der Waals surface area contributed by atoms with Crippen molar-refractivity contribution in [2.75, 3.05) is 29.2 Å². The Morgan fingerprint density at radius 3 is 2.58 bits per heavy atom. The predicted molar refractivity (Wildman–Crippen MR) is 110 cm³/mol. The summed E-state index contributed by atoms with van der Waals surface area (Å²) in [6, 6.07) is 13.7. The number of hydrogen-bond acceptors (Lipinski definition) is 3. The molecule has 1 heterocycles. The van der Waals surface area contributed by atoms with Gasteiger partial charge in [0, 0.05) is 24.3 Å². The van der Waals surface area contributed by atoms with Gasteiger partial charge in [0.2, 0.25) is 5.91 Å². The molecule has 2 N–H and O–H groups in total. The number of anilines is 3. The number of nitrogens with zero attached hydrogens (tertiary/aromatic N) is 1. The fourth-order valence-electron chi connectivity index (χ4n) is 3.06. The van der Waals surface area contributed by atoms with E-state index in [0.29, 0.717) is 23.8 Å². The molecule has 2 aromatic rings. The maximum Gasteiger partial charge on any atom is 0.227 e. The summed E-state index contributed by atoms with van der Waals surface area (Å²) >= 11 is 5.41. The normalized spacial score (nSPS) is 14.1. The molecule has 0 bridgehead atoms. The number of methoxy groups -OCH3 is 1. The van der Waals surface area contributed by atoms with Crippen LogP contribution >= 0.6 is 12.2 Å². The monoisotopic (exact) mass is 369 g/mol. The van der Waals surface area contributed by atoms with Crippen molar-refractivity contribution in [1.82, 2.24) is 0 Å². The minimum atomic E-state index is 0.132. The predicted octanol–water partition coefficient (Wildman–Crippen LogP) is 4.33. The Morgan fingerprint density at radius 1 is 1.12 bits per heavy atom. The SMILES string of the molecule is COc1ccc(NC(=S)Nc2cccc(C)c2)cc1N1CCCCC1=O. The Labute approximate surface area is 159 Å². The van der Waals surface area contributed by atoms with Crippen molar-refractivity contribution >= 4 is 40.3 Å². The van der Waals surface area contributed by atoms with Crippen LogP contribution in [0, 0.1) is 6.92 Å². The Kier molecular flexibility index (Phi) is 5.73. The standard InChI is InChI=1S/C20H23N3O2S/c1-14-6-5-7-15(12-14)21-20(26)22-16-9-10-18(25-2)17(13-16)23-11-4-3-8-19(23)24/h5-7,9-10,12-13H,3-4,8,11H2,1-2H3,(H2,21,22,26). The first-order chi connectivity index (χ1) is 12.6. The van der Waals surface area contributed by atoms with Crippen LogP contribution < -0.4 is 20.3 Å². The van der Waals surface area contributed by atoms with Crippen LogP contribution in [0.15, 0.2) is 42.5 Å². The minimum absolute atomic E-state index is 0.132. The van der Waals surface area contributed by atoms with Crippen LogP contribution in [0.3, 0.4) is 0 Å². The van der Waals surface area contributed by atoms with E-state index < -0.39 is 0 Å². The fourth-order valence-corrected chi connectivity index (χ4v) is 3.29. The molecule has 1 fully saturated rings. The van der Waals surface area contributed by atoms with Crippen LogP contribution in [0.4, 0.5) is 17.1 Å². The lowest BCUT2D eigenvalue weighted by Crippen LogP contribution is -2.35. The molecule has 0 spiro atoms. The van der Waals surface area contributed by atoms with E-state index in [1.165, 1.54) is 0 Å². The van der Waals surface area contributed by atoms with Gasteiger partial charge in [0.25, 0.3) is 0 Å². The summed E-state index contributed by atoms with van der Waals surface area (Å²) in [4.78, 5) is 14.1. The van der Waals surface area contributed by atoms with Crippen molar-refractivity contribution in [3.63, 3.8) is 0 Å². The summed E-state index contributed by atoms with van der Waals surface area (Å²) in [6.07, 6.45) is 2.52. The highest BCUT2D eigenvalue weighted by Gasteiger charge is 2.23. The van der Waals surface area contributed by atoms with E-state index >= 15 is 0 Å². The Bertz CT molecular complexity index is 822. The number of benzene rings is 2. The van der Waals surface area contributed by atoms with E-state index in [1.54, 1.807) is 12.0 Å². The molecular weight excluding hydrogens is 346 g/mol. The van der Waals surface area contributed by atoms with Crippen LogP contribution in [0.25, 0.3) is 0 Å². The highest BCUT2D eigenvalue weighted by molar-refractivity contribution is 7.80. The highest BCUT2D eigenvalue weighted by Crippen LogP contribution is 2.33. The number of nitrogens with one attached hydrogen (secondary N) is 2. The minimum Gasteiger partial charge on any atom is -0.495 e. The maximum absolute atomic E-state index is 12.3. The molecule has 0 atom stereocenters. The van der Waals surface area contributed by atoms with Crippen LogP contribution in [-0.2, 0) is 4.79 Å². The zero-order valence-corrected chi connectivity index (χ0v) is 15.9. The van der Waals surface area contributed by atoms with E-state index in [0.717, 1.165) is 35.5 Å². The molecule has 0 saturated carbocycles. The van der Waals surface area contributed by atoms with Crippen LogP contribution in [0.1, 0.15) is 24.8 Å². The van der Waals surface area contributed by atoms with Crippen molar-refractivity contribution in [2.24, 2.45) is 0 Å². The smallest absolute Gasteiger partial charge is 0.227 e. The van der Waals surface area contributed by atoms with Gasteiger partial charge >= 0.3 is 0 Å². The second-order valence-electron chi connectivity index (χ2n) is 6.34. The Hall–Kier alpha value is -2.60. The Balaban J connectivity index is 1.76. The molecule has 136 valence electrons. The van der Waals surface area contributed by atoms with Crippen LogP contribution in [-0.4, -0.2) is 24.7 Å². The molecule has 1 amide bonds. The van der Waals surface area contributed by atoms with Crippen molar-refractivity contribution in [1.29, 1.82) is 0 Å². The number of amides is 1. The van der Waals surface area contributed by atoms with Gasteiger partial charge in [0.1, 0.15) is 5.75 Å². The first-order valence-corrected chi connectivity index (χ1v) is 9.11. The molecule has 1 aliphatic rings. The largest absolute Gasteiger partial charge is 0.495 e. The van der Waals surface area contributed by atoms with Crippen molar-refractivity contribution in [2.45, 2.75) is 26.2 Å². The van der Waals surface area contributed by atoms with Gasteiger partial charge in [-0.3, -0.25) is 4.79 Å². The molecule has 6 heteroatoms. The first kappa shape index (κ1) is 18.2. The summed E-state index contributed by atoms with van der Waals surface area (Å²) in [5, 5.41) is 6.86. The first-order valence-electron chi connectivity index (χ1n) is 8.70. The van der Waals surface area contributed by atoms with E-state index in [-0.39, 0.29) is 5.91 Å². The van der Waals surface area contributed by atoms with Gasteiger partial charge in [-0.15, -0.1) is 0 Å². The van der Waals surface area contributed by atoms with Crippen molar-refractivity contribution in [3.8, 4) is 5.75 Å². The number of thiocarbonyl (C=S) groups is 1. The maximum atomic E-state index is 12.3. The van der Waals surface area contributed by atoms with Crippen molar-refractivity contribution < 1.29 is 9.53 Å². The molecule has 0 aliphatic carbocycles. The number of hydrogen-bond donors (Lipinski definition) is 2. The molecule has 1 aliphatic heterocycles. The highest BCUT2D eigenvalue weighted by atomic mass is 32.1. The quantitative estimate of drug-likeness (QED) is 0.786. The Morgan fingerprint density at radius 2 is 1.88 bits per heavy atom. The fraction of sp³-hybridized carbons (Fsp3) is 0.300. The summed E-state index contributed by atoms with van der Waals surface area (Å²) in [7, 11) is 1.62. The summed E-state index contributed by atoms with van der Waals surface area (Å²) in [5.41, 5.74) is 3.68. The van der Waals surface area contributed by atoms with E-state index in [4.69, 9.17) is 17.0 Å². The lowest BCUT2D eigenvalue weighted by molar-refractivity contribution is -0.119. The third-order valence-corrected chi connectivity index (χ3v) is 4.53. The van der Waals surface area contributed by atoms with Crippen molar-refractivity contribution in [3.05, 3.63) is 48.0 Å². The average molecular weight is 369 g/mol. The summed E-state index contributed by atoms with van der Waals surface area (Å²) in [6.45, 7) is 2.75. The lowest BCUT2D eigenvalue weighted by Gasteiger charge is -2.28. The lowest BCUT2D eigenvalue weighted by atomic mass is 10.1. The van der Waals surface area contributed by atoms with Gasteiger partial charge in [0.05, 0.1) is 12.8 Å². The number of piperidine rings is 1. The second kappa shape index (κ2) is 8.19. The summed E-state index contributed by atoms with van der Waals surface area (Å²) < 4.78 is 5.45. The zero-order valence-electron chi connectivity index (χ0n) is 15.0. The number of aryl methyl sites for hydroxylation is 1. The van der Waals surface area contributed by atoms with Gasteiger partial charge in [-0.25, -0.2) is 0 Å². The molecule has 2 aromatic carbocycles. The van der Waals surface area contributed by atoms with E-state index in [1.807, 2.05) is 49.4 Å². The average Bonchev–Trinajstić information content (AvgIpc) is 2.62. The molecule has 3 rings (SSSR count). The number of ether oxygens (including phenoxy) is 1. The van der Waals surface area contributed by atoms with E-state index in [9.17, 15) is 4.79 Å². The van der Waals surface area contributed by atoms with Gasteiger partial charge < -0.3 is 20.3 Å². The molecule has 1 saturated heterocycles. The molecule has 26 heavy (non-hydrogen) atoms. The number of carbonyl (C=O) groups is 1. The third-order valence-electron chi connectivity index (χ3n) is 4.33. The summed E-state index contributed by atoms with van der Waals surface area (Å²) in [5.74, 6) is 0.815. The van der Waals surface area contributed by atoms with Crippen LogP contribution in [0.2, 0.25) is 0 Å². The van der Waals surface area contributed by atoms with Gasteiger partial charge in [-0.1, -0.05) is 12.1 Å². The topological polar surface area (TPSA) is 53.6 Å². The number of rotatable bonds is 4. The second-order valence-corrected chi connectivity index (χ2v) is 6.75. The molecule has 0 unspecified atom stereocenters.